The minimum Gasteiger partial charge on any atom is -0.383 e. The quantitative estimate of drug-likeness (QED) is 0.772. The molecule has 2 rings (SSSR count). The van der Waals surface area contributed by atoms with E-state index in [4.69, 9.17) is 4.74 Å². The Morgan fingerprint density at radius 1 is 1.20 bits per heavy atom. The van der Waals surface area contributed by atoms with Crippen molar-refractivity contribution in [3.8, 4) is 0 Å². The number of carbonyl (C=O) groups excluding carboxylic acids is 1. The van der Waals surface area contributed by atoms with Crippen molar-refractivity contribution < 1.29 is 13.9 Å². The van der Waals surface area contributed by atoms with Crippen molar-refractivity contribution in [3.05, 3.63) is 59.4 Å². The van der Waals surface area contributed by atoms with Crippen molar-refractivity contribution in [2.75, 3.05) is 13.7 Å². The number of halogens is 1. The summed E-state index contributed by atoms with van der Waals surface area (Å²) in [7, 11) is 1.57. The lowest BCUT2D eigenvalue weighted by molar-refractivity contribution is 0.0538. The highest BCUT2D eigenvalue weighted by Gasteiger charge is 2.23. The molecule has 2 aromatic rings. The summed E-state index contributed by atoms with van der Waals surface area (Å²) >= 11 is 0. The highest BCUT2D eigenvalue weighted by molar-refractivity contribution is 5.93. The van der Waals surface area contributed by atoms with Crippen LogP contribution in [0.5, 0.6) is 0 Å². The SMILES string of the molecule is COC[C@H](C)N(Cc1ccccc1F)C(=O)c1cnc(C(C)C)nc1. The molecule has 5 nitrogen and oxygen atoms in total. The topological polar surface area (TPSA) is 55.3 Å². The lowest BCUT2D eigenvalue weighted by atomic mass is 10.1. The van der Waals surface area contributed by atoms with Gasteiger partial charge in [-0.1, -0.05) is 32.0 Å². The summed E-state index contributed by atoms with van der Waals surface area (Å²) in [6.07, 6.45) is 3.05. The average molecular weight is 345 g/mol. The van der Waals surface area contributed by atoms with Crippen molar-refractivity contribution in [2.24, 2.45) is 0 Å². The number of carbonyl (C=O) groups is 1. The monoisotopic (exact) mass is 345 g/mol. The van der Waals surface area contributed by atoms with Gasteiger partial charge >= 0.3 is 0 Å². The fraction of sp³-hybridized carbons (Fsp3) is 0.421. The highest BCUT2D eigenvalue weighted by Crippen LogP contribution is 2.16. The summed E-state index contributed by atoms with van der Waals surface area (Å²) in [6, 6.07) is 6.22. The van der Waals surface area contributed by atoms with Gasteiger partial charge in [0.15, 0.2) is 0 Å². The molecule has 134 valence electrons. The Labute approximate surface area is 147 Å². The molecule has 1 aromatic heterocycles. The summed E-state index contributed by atoms with van der Waals surface area (Å²) in [4.78, 5) is 23.0. The van der Waals surface area contributed by atoms with Gasteiger partial charge in [-0.05, 0) is 13.0 Å². The van der Waals surface area contributed by atoms with Crippen LogP contribution in [0.25, 0.3) is 0 Å². The number of methoxy groups -OCH3 is 1. The van der Waals surface area contributed by atoms with Crippen LogP contribution < -0.4 is 0 Å². The van der Waals surface area contributed by atoms with E-state index >= 15 is 0 Å². The third-order valence-electron chi connectivity index (χ3n) is 3.93. The van der Waals surface area contributed by atoms with Crippen molar-refractivity contribution in [1.82, 2.24) is 14.9 Å². The number of hydrogen-bond acceptors (Lipinski definition) is 4. The zero-order valence-electron chi connectivity index (χ0n) is 15.1. The molecule has 0 bridgehead atoms. The summed E-state index contributed by atoms with van der Waals surface area (Å²) in [6.45, 7) is 6.35. The van der Waals surface area contributed by atoms with Crippen LogP contribution in [0.2, 0.25) is 0 Å². The molecule has 6 heteroatoms. The number of ether oxygens (including phenoxy) is 1. The van der Waals surface area contributed by atoms with Crippen molar-refractivity contribution in [2.45, 2.75) is 39.3 Å². The zero-order valence-corrected chi connectivity index (χ0v) is 15.1. The van der Waals surface area contributed by atoms with Gasteiger partial charge in [-0.3, -0.25) is 4.79 Å². The zero-order chi connectivity index (χ0) is 18.4. The first-order valence-corrected chi connectivity index (χ1v) is 8.29. The largest absolute Gasteiger partial charge is 0.383 e. The van der Waals surface area contributed by atoms with E-state index in [2.05, 4.69) is 9.97 Å². The Morgan fingerprint density at radius 3 is 2.40 bits per heavy atom. The van der Waals surface area contributed by atoms with E-state index in [1.54, 1.807) is 30.2 Å². The highest BCUT2D eigenvalue weighted by atomic mass is 19.1. The molecule has 0 N–H and O–H groups in total. The van der Waals surface area contributed by atoms with Crippen LogP contribution in [-0.2, 0) is 11.3 Å². The van der Waals surface area contributed by atoms with E-state index in [1.807, 2.05) is 20.8 Å². The number of rotatable bonds is 7. The van der Waals surface area contributed by atoms with Crippen LogP contribution in [0.15, 0.2) is 36.7 Å². The van der Waals surface area contributed by atoms with Crippen LogP contribution in [0.4, 0.5) is 4.39 Å². The van der Waals surface area contributed by atoms with Gasteiger partial charge in [0.25, 0.3) is 5.91 Å². The lowest BCUT2D eigenvalue weighted by Crippen LogP contribution is -2.41. The lowest BCUT2D eigenvalue weighted by Gasteiger charge is -2.29. The van der Waals surface area contributed by atoms with Crippen molar-refractivity contribution in [3.63, 3.8) is 0 Å². The van der Waals surface area contributed by atoms with Crippen molar-refractivity contribution >= 4 is 5.91 Å². The van der Waals surface area contributed by atoms with Crippen molar-refractivity contribution in [1.29, 1.82) is 0 Å². The van der Waals surface area contributed by atoms with E-state index in [1.165, 1.54) is 18.5 Å². The van der Waals surface area contributed by atoms with Gasteiger partial charge < -0.3 is 9.64 Å². The molecule has 0 fully saturated rings. The average Bonchev–Trinajstić information content (AvgIpc) is 2.60. The van der Waals surface area contributed by atoms with E-state index in [0.29, 0.717) is 23.6 Å². The first-order chi connectivity index (χ1) is 11.9. The number of amides is 1. The maximum absolute atomic E-state index is 14.0. The predicted octanol–water partition coefficient (Wildman–Crippen LogP) is 3.42. The van der Waals surface area contributed by atoms with Gasteiger partial charge in [0.2, 0.25) is 0 Å². The van der Waals surface area contributed by atoms with Crippen LogP contribution in [0.1, 0.15) is 48.4 Å². The first-order valence-electron chi connectivity index (χ1n) is 8.29. The van der Waals surface area contributed by atoms with Gasteiger partial charge in [0.05, 0.1) is 18.2 Å². The van der Waals surface area contributed by atoms with Gasteiger partial charge in [-0.2, -0.15) is 0 Å². The molecule has 0 aliphatic rings. The van der Waals surface area contributed by atoms with Gasteiger partial charge in [-0.25, -0.2) is 14.4 Å². The molecule has 0 saturated carbocycles. The fourth-order valence-corrected chi connectivity index (χ4v) is 2.48. The Bertz CT molecular complexity index is 704. The van der Waals surface area contributed by atoms with Crippen LogP contribution in [0, 0.1) is 5.82 Å². The minimum atomic E-state index is -0.337. The molecule has 25 heavy (non-hydrogen) atoms. The summed E-state index contributed by atoms with van der Waals surface area (Å²) in [5, 5.41) is 0. The number of aromatic nitrogens is 2. The third-order valence-corrected chi connectivity index (χ3v) is 3.93. The summed E-state index contributed by atoms with van der Waals surface area (Å²) < 4.78 is 19.2. The van der Waals surface area contributed by atoms with Gasteiger partial charge in [0, 0.05) is 37.5 Å². The van der Waals surface area contributed by atoms with Crippen LogP contribution >= 0.6 is 0 Å². The molecule has 0 radical (unpaired) electrons. The smallest absolute Gasteiger partial charge is 0.257 e. The van der Waals surface area contributed by atoms with Crippen LogP contribution in [-0.4, -0.2) is 40.5 Å². The standard InChI is InChI=1S/C19H24FN3O2/c1-13(2)18-21-9-16(10-22-18)19(24)23(14(3)12-25-4)11-15-7-5-6-8-17(15)20/h5-10,13-14H,11-12H2,1-4H3/t14-/m0/s1. The van der Waals surface area contributed by atoms with E-state index < -0.39 is 0 Å². The molecule has 0 aliphatic heterocycles. The van der Waals surface area contributed by atoms with Gasteiger partial charge in [-0.15, -0.1) is 0 Å². The Kier molecular flexibility index (Phi) is 6.58. The molecule has 1 atom stereocenters. The maximum Gasteiger partial charge on any atom is 0.257 e. The van der Waals surface area contributed by atoms with Gasteiger partial charge in [0.1, 0.15) is 11.6 Å². The second-order valence-electron chi connectivity index (χ2n) is 6.31. The predicted molar refractivity (Wildman–Crippen MR) is 93.7 cm³/mol. The molecule has 0 unspecified atom stereocenters. The molecular weight excluding hydrogens is 321 g/mol. The summed E-state index contributed by atoms with van der Waals surface area (Å²) in [5.41, 5.74) is 0.835. The van der Waals surface area contributed by atoms with Crippen LogP contribution in [0.3, 0.4) is 0 Å². The normalized spacial score (nSPS) is 12.2. The molecule has 0 aliphatic carbocycles. The van der Waals surface area contributed by atoms with E-state index in [9.17, 15) is 9.18 Å². The second-order valence-corrected chi connectivity index (χ2v) is 6.31. The third kappa shape index (κ3) is 4.82. The van der Waals surface area contributed by atoms with E-state index in [-0.39, 0.29) is 30.2 Å². The molecule has 0 spiro atoms. The second kappa shape index (κ2) is 8.67. The maximum atomic E-state index is 14.0. The Morgan fingerprint density at radius 2 is 1.84 bits per heavy atom. The number of hydrogen-bond donors (Lipinski definition) is 0. The Hall–Kier alpha value is -2.34. The Balaban J connectivity index is 2.27. The number of benzene rings is 1. The minimum absolute atomic E-state index is 0.155. The first kappa shape index (κ1) is 19.0. The summed E-state index contributed by atoms with van der Waals surface area (Å²) in [5.74, 6) is 0.285. The fourth-order valence-electron chi connectivity index (χ4n) is 2.48. The molecule has 1 aromatic carbocycles. The molecule has 1 amide bonds. The molecule has 1 heterocycles. The molecular formula is C19H24FN3O2. The number of nitrogens with zero attached hydrogens (tertiary/aromatic N) is 3. The molecule has 0 saturated heterocycles. The van der Waals surface area contributed by atoms with E-state index in [0.717, 1.165) is 0 Å².